The summed E-state index contributed by atoms with van der Waals surface area (Å²) in [6, 6.07) is 7.04. The van der Waals surface area contributed by atoms with Gasteiger partial charge < -0.3 is 15.4 Å². The third kappa shape index (κ3) is 4.71. The summed E-state index contributed by atoms with van der Waals surface area (Å²) in [7, 11) is 1.57. The van der Waals surface area contributed by atoms with Crippen molar-refractivity contribution in [1.29, 1.82) is 0 Å². The van der Waals surface area contributed by atoms with Crippen LogP contribution < -0.4 is 10.5 Å². The number of hydrogen-bond acceptors (Lipinski definition) is 3. The Morgan fingerprint density at radius 3 is 2.89 bits per heavy atom. The number of ether oxygens (including phenoxy) is 1. The van der Waals surface area contributed by atoms with Gasteiger partial charge in [-0.25, -0.2) is 0 Å². The van der Waals surface area contributed by atoms with E-state index in [4.69, 9.17) is 22.7 Å². The molecule has 1 aromatic carbocycles. The van der Waals surface area contributed by atoms with E-state index in [-0.39, 0.29) is 5.91 Å². The van der Waals surface area contributed by atoms with Gasteiger partial charge in [0.05, 0.1) is 12.1 Å². The van der Waals surface area contributed by atoms with Crippen molar-refractivity contribution >= 4 is 23.1 Å². The highest BCUT2D eigenvalue weighted by Gasteiger charge is 2.15. The molecule has 0 aromatic heterocycles. The third-order valence-electron chi connectivity index (χ3n) is 2.58. The zero-order valence-corrected chi connectivity index (χ0v) is 11.8. The lowest BCUT2D eigenvalue weighted by atomic mass is 10.2. The molecule has 102 valence electrons. The predicted molar refractivity (Wildman–Crippen MR) is 80.5 cm³/mol. The second-order valence-corrected chi connectivity index (χ2v) is 4.51. The van der Waals surface area contributed by atoms with E-state index in [0.29, 0.717) is 35.8 Å². The highest BCUT2D eigenvalue weighted by Crippen LogP contribution is 2.14. The van der Waals surface area contributed by atoms with Gasteiger partial charge in [-0.3, -0.25) is 4.79 Å². The summed E-state index contributed by atoms with van der Waals surface area (Å²) in [5.41, 5.74) is 6.04. The molecule has 5 heteroatoms. The summed E-state index contributed by atoms with van der Waals surface area (Å²) in [5.74, 6) is 0.564. The molecule has 1 amide bonds. The van der Waals surface area contributed by atoms with Crippen LogP contribution in [0.5, 0.6) is 5.75 Å². The van der Waals surface area contributed by atoms with Gasteiger partial charge in [-0.1, -0.05) is 24.4 Å². The molecule has 1 aromatic rings. The topological polar surface area (TPSA) is 55.6 Å². The van der Waals surface area contributed by atoms with Crippen molar-refractivity contribution in [2.45, 2.75) is 6.42 Å². The fourth-order valence-corrected chi connectivity index (χ4v) is 1.71. The minimum absolute atomic E-state index is 0.0879. The lowest BCUT2D eigenvalue weighted by molar-refractivity contribution is 0.0778. The number of carbonyl (C=O) groups excluding carboxylic acids is 1. The first-order chi connectivity index (χ1) is 9.08. The SMILES string of the molecule is C=CCN(CCC(N)=S)C(=O)c1cccc(OC)c1. The number of hydrogen-bond donors (Lipinski definition) is 1. The Morgan fingerprint density at radius 2 is 2.32 bits per heavy atom. The van der Waals surface area contributed by atoms with Crippen LogP contribution in [0.1, 0.15) is 16.8 Å². The van der Waals surface area contributed by atoms with Crippen molar-refractivity contribution in [2.75, 3.05) is 20.2 Å². The minimum Gasteiger partial charge on any atom is -0.497 e. The van der Waals surface area contributed by atoms with Crippen molar-refractivity contribution in [3.63, 3.8) is 0 Å². The summed E-state index contributed by atoms with van der Waals surface area (Å²) < 4.78 is 5.11. The number of benzene rings is 1. The molecule has 19 heavy (non-hydrogen) atoms. The molecule has 0 atom stereocenters. The number of amides is 1. The van der Waals surface area contributed by atoms with E-state index in [2.05, 4.69) is 6.58 Å². The molecule has 0 bridgehead atoms. The first-order valence-electron chi connectivity index (χ1n) is 5.91. The zero-order valence-electron chi connectivity index (χ0n) is 11.0. The number of nitrogens with zero attached hydrogens (tertiary/aromatic N) is 1. The van der Waals surface area contributed by atoms with Crippen LogP contribution in [0.4, 0.5) is 0 Å². The second-order valence-electron chi connectivity index (χ2n) is 3.99. The van der Waals surface area contributed by atoms with Crippen molar-refractivity contribution in [3.05, 3.63) is 42.5 Å². The monoisotopic (exact) mass is 278 g/mol. The van der Waals surface area contributed by atoms with E-state index in [1.807, 2.05) is 0 Å². The highest BCUT2D eigenvalue weighted by atomic mass is 32.1. The van der Waals surface area contributed by atoms with Crippen LogP contribution in [-0.4, -0.2) is 36.0 Å². The first-order valence-corrected chi connectivity index (χ1v) is 6.32. The number of carbonyl (C=O) groups is 1. The van der Waals surface area contributed by atoms with Gasteiger partial charge in [-0.2, -0.15) is 0 Å². The zero-order chi connectivity index (χ0) is 14.3. The molecule has 0 spiro atoms. The van der Waals surface area contributed by atoms with E-state index >= 15 is 0 Å². The summed E-state index contributed by atoms with van der Waals surface area (Å²) >= 11 is 4.83. The van der Waals surface area contributed by atoms with E-state index in [1.54, 1.807) is 42.4 Å². The van der Waals surface area contributed by atoms with Crippen LogP contribution in [0.25, 0.3) is 0 Å². The van der Waals surface area contributed by atoms with Crippen molar-refractivity contribution in [1.82, 2.24) is 4.90 Å². The van der Waals surface area contributed by atoms with Crippen LogP contribution in [0, 0.1) is 0 Å². The number of rotatable bonds is 7. The maximum atomic E-state index is 12.4. The second kappa shape index (κ2) is 7.53. The number of nitrogens with two attached hydrogens (primary N) is 1. The van der Waals surface area contributed by atoms with Gasteiger partial charge in [0, 0.05) is 25.1 Å². The summed E-state index contributed by atoms with van der Waals surface area (Å²) in [6.45, 7) is 4.60. The Morgan fingerprint density at radius 1 is 1.58 bits per heavy atom. The molecule has 0 aliphatic rings. The van der Waals surface area contributed by atoms with Crippen LogP contribution in [-0.2, 0) is 0 Å². The van der Waals surface area contributed by atoms with Gasteiger partial charge in [0.25, 0.3) is 5.91 Å². The Kier molecular flexibility index (Phi) is 6.02. The maximum Gasteiger partial charge on any atom is 0.254 e. The molecule has 0 fully saturated rings. The Bertz CT molecular complexity index is 474. The van der Waals surface area contributed by atoms with Crippen LogP contribution >= 0.6 is 12.2 Å². The quantitative estimate of drug-likeness (QED) is 0.612. The van der Waals surface area contributed by atoms with E-state index in [9.17, 15) is 4.79 Å². The minimum atomic E-state index is -0.0879. The Labute approximate surface area is 118 Å². The largest absolute Gasteiger partial charge is 0.497 e. The van der Waals surface area contributed by atoms with E-state index < -0.39 is 0 Å². The maximum absolute atomic E-state index is 12.4. The summed E-state index contributed by atoms with van der Waals surface area (Å²) in [6.07, 6.45) is 2.18. The molecule has 0 unspecified atom stereocenters. The normalized spacial score (nSPS) is 9.74. The highest BCUT2D eigenvalue weighted by molar-refractivity contribution is 7.80. The fraction of sp³-hybridized carbons (Fsp3) is 0.286. The van der Waals surface area contributed by atoms with Gasteiger partial charge in [-0.15, -0.1) is 6.58 Å². The molecule has 0 radical (unpaired) electrons. The molecule has 2 N–H and O–H groups in total. The molecule has 0 heterocycles. The first kappa shape index (κ1) is 15.2. The lowest BCUT2D eigenvalue weighted by Gasteiger charge is -2.21. The van der Waals surface area contributed by atoms with Gasteiger partial charge in [0.2, 0.25) is 0 Å². The predicted octanol–water partition coefficient (Wildman–Crippen LogP) is 2.00. The van der Waals surface area contributed by atoms with Crippen LogP contribution in [0.3, 0.4) is 0 Å². The van der Waals surface area contributed by atoms with Crippen LogP contribution in [0.15, 0.2) is 36.9 Å². The molecular formula is C14H18N2O2S. The number of methoxy groups -OCH3 is 1. The summed E-state index contributed by atoms with van der Waals surface area (Å²) in [5, 5.41) is 0. The average molecular weight is 278 g/mol. The van der Waals surface area contributed by atoms with Gasteiger partial charge in [0.1, 0.15) is 5.75 Å². The van der Waals surface area contributed by atoms with Gasteiger partial charge in [-0.05, 0) is 18.2 Å². The lowest BCUT2D eigenvalue weighted by Crippen LogP contribution is -2.33. The smallest absolute Gasteiger partial charge is 0.254 e. The van der Waals surface area contributed by atoms with Crippen molar-refractivity contribution in [2.24, 2.45) is 5.73 Å². The van der Waals surface area contributed by atoms with Crippen LogP contribution in [0.2, 0.25) is 0 Å². The van der Waals surface area contributed by atoms with E-state index in [0.717, 1.165) is 0 Å². The molecule has 4 nitrogen and oxygen atoms in total. The molecule has 0 saturated heterocycles. The Balaban J connectivity index is 2.84. The third-order valence-corrected chi connectivity index (χ3v) is 2.79. The van der Waals surface area contributed by atoms with Gasteiger partial charge in [0.15, 0.2) is 0 Å². The van der Waals surface area contributed by atoms with Crippen molar-refractivity contribution in [3.8, 4) is 5.75 Å². The summed E-state index contributed by atoms with van der Waals surface area (Å²) in [4.78, 5) is 14.4. The molecule has 0 saturated carbocycles. The molecule has 0 aliphatic heterocycles. The molecular weight excluding hydrogens is 260 g/mol. The average Bonchev–Trinajstić information content (AvgIpc) is 2.42. The van der Waals surface area contributed by atoms with Gasteiger partial charge >= 0.3 is 0 Å². The molecule has 0 aliphatic carbocycles. The van der Waals surface area contributed by atoms with E-state index in [1.165, 1.54) is 0 Å². The molecule has 1 rings (SSSR count). The Hall–Kier alpha value is -1.88. The fourth-order valence-electron chi connectivity index (χ4n) is 1.62. The standard InChI is InChI=1S/C14H18N2O2S/c1-3-8-16(9-7-13(15)19)14(17)11-5-4-6-12(10-11)18-2/h3-6,10H,1,7-9H2,2H3,(H2,15,19). The number of thiocarbonyl (C=S) groups is 1. The van der Waals surface area contributed by atoms with Crippen molar-refractivity contribution < 1.29 is 9.53 Å².